The van der Waals surface area contributed by atoms with Gasteiger partial charge in [0.15, 0.2) is 5.69 Å². The number of hydrogen-bond acceptors (Lipinski definition) is 5. The van der Waals surface area contributed by atoms with E-state index in [2.05, 4.69) is 15.0 Å². The van der Waals surface area contributed by atoms with Crippen molar-refractivity contribution in [3.05, 3.63) is 66.1 Å². The third-order valence-corrected chi connectivity index (χ3v) is 4.96. The maximum Gasteiger partial charge on any atom is 0.274 e. The van der Waals surface area contributed by atoms with Gasteiger partial charge in [0.1, 0.15) is 11.6 Å². The summed E-state index contributed by atoms with van der Waals surface area (Å²) in [6.07, 6.45) is 1.79. The fourth-order valence-electron chi connectivity index (χ4n) is 3.41. The van der Waals surface area contributed by atoms with Crippen LogP contribution < -0.4 is 9.64 Å². The van der Waals surface area contributed by atoms with Crippen LogP contribution in [0.4, 0.5) is 5.82 Å². The van der Waals surface area contributed by atoms with Crippen molar-refractivity contribution in [1.29, 1.82) is 0 Å². The highest BCUT2D eigenvalue weighted by Gasteiger charge is 2.25. The highest BCUT2D eigenvalue weighted by molar-refractivity contribution is 5.92. The van der Waals surface area contributed by atoms with E-state index in [1.54, 1.807) is 18.0 Å². The van der Waals surface area contributed by atoms with E-state index in [0.717, 1.165) is 36.0 Å². The molecular formula is C21H23N5O2. The lowest BCUT2D eigenvalue weighted by atomic mass is 10.2. The highest BCUT2D eigenvalue weighted by Crippen LogP contribution is 2.18. The van der Waals surface area contributed by atoms with E-state index in [0.29, 0.717) is 18.8 Å². The number of carbonyl (C=O) groups excluding carboxylic acids is 1. The van der Waals surface area contributed by atoms with Crippen LogP contribution in [0.1, 0.15) is 16.2 Å². The topological polar surface area (TPSA) is 63.5 Å². The van der Waals surface area contributed by atoms with Crippen LogP contribution >= 0.6 is 0 Å². The van der Waals surface area contributed by atoms with E-state index in [9.17, 15) is 4.79 Å². The standard InChI is InChI=1S/C21H23N5O2/c1-16-15-19(23-26(16)17-6-8-18(28-2)9-7-17)21(27)25-13-11-24(12-14-25)20-5-3-4-10-22-20/h3-10,15H,11-14H2,1-2H3. The fourth-order valence-corrected chi connectivity index (χ4v) is 3.41. The number of amides is 1. The molecule has 3 aromatic rings. The second kappa shape index (κ2) is 7.72. The Morgan fingerprint density at radius 2 is 1.79 bits per heavy atom. The Morgan fingerprint density at radius 3 is 2.43 bits per heavy atom. The maximum absolute atomic E-state index is 12.9. The minimum atomic E-state index is -0.0315. The first-order chi connectivity index (χ1) is 13.7. The first-order valence-electron chi connectivity index (χ1n) is 9.32. The van der Waals surface area contributed by atoms with Gasteiger partial charge in [-0.1, -0.05) is 6.07 Å². The van der Waals surface area contributed by atoms with Crippen molar-refractivity contribution in [2.45, 2.75) is 6.92 Å². The molecule has 3 heterocycles. The van der Waals surface area contributed by atoms with Gasteiger partial charge < -0.3 is 14.5 Å². The third-order valence-electron chi connectivity index (χ3n) is 4.96. The van der Waals surface area contributed by atoms with E-state index >= 15 is 0 Å². The van der Waals surface area contributed by atoms with Crippen LogP contribution in [0.15, 0.2) is 54.7 Å². The molecular weight excluding hydrogens is 354 g/mol. The van der Waals surface area contributed by atoms with Gasteiger partial charge in [0.25, 0.3) is 5.91 Å². The van der Waals surface area contributed by atoms with Gasteiger partial charge in [-0.3, -0.25) is 4.79 Å². The highest BCUT2D eigenvalue weighted by atomic mass is 16.5. The molecule has 1 saturated heterocycles. The van der Waals surface area contributed by atoms with Gasteiger partial charge in [-0.15, -0.1) is 0 Å². The average Bonchev–Trinajstić information content (AvgIpc) is 3.15. The van der Waals surface area contributed by atoms with Crippen LogP contribution in [-0.4, -0.2) is 58.9 Å². The molecule has 4 rings (SSSR count). The largest absolute Gasteiger partial charge is 0.497 e. The number of piperazine rings is 1. The lowest BCUT2D eigenvalue weighted by Crippen LogP contribution is -2.49. The summed E-state index contributed by atoms with van der Waals surface area (Å²) in [5.74, 6) is 1.71. The smallest absolute Gasteiger partial charge is 0.274 e. The lowest BCUT2D eigenvalue weighted by Gasteiger charge is -2.35. The summed E-state index contributed by atoms with van der Waals surface area (Å²) in [6.45, 7) is 4.79. The molecule has 0 atom stereocenters. The maximum atomic E-state index is 12.9. The molecule has 0 aliphatic carbocycles. The number of pyridine rings is 1. The summed E-state index contributed by atoms with van der Waals surface area (Å²) in [5.41, 5.74) is 2.29. The van der Waals surface area contributed by atoms with Crippen molar-refractivity contribution in [3.8, 4) is 11.4 Å². The van der Waals surface area contributed by atoms with Crippen molar-refractivity contribution < 1.29 is 9.53 Å². The number of carbonyl (C=O) groups is 1. The summed E-state index contributed by atoms with van der Waals surface area (Å²) in [4.78, 5) is 21.4. The number of ether oxygens (including phenoxy) is 1. The average molecular weight is 377 g/mol. The van der Waals surface area contributed by atoms with E-state index in [-0.39, 0.29) is 5.91 Å². The Hall–Kier alpha value is -3.35. The SMILES string of the molecule is COc1ccc(-n2nc(C(=O)N3CCN(c4ccccn4)CC3)cc2C)cc1. The van der Waals surface area contributed by atoms with Gasteiger partial charge in [-0.25, -0.2) is 9.67 Å². The van der Waals surface area contributed by atoms with Crippen LogP contribution in [-0.2, 0) is 0 Å². The normalized spacial score (nSPS) is 14.2. The van der Waals surface area contributed by atoms with Gasteiger partial charge in [0, 0.05) is 38.1 Å². The molecule has 7 heteroatoms. The lowest BCUT2D eigenvalue weighted by molar-refractivity contribution is 0.0740. The molecule has 1 fully saturated rings. The second-order valence-electron chi connectivity index (χ2n) is 6.75. The number of nitrogens with zero attached hydrogens (tertiary/aromatic N) is 5. The molecule has 1 aliphatic rings. The molecule has 1 aliphatic heterocycles. The van der Waals surface area contributed by atoms with Crippen molar-refractivity contribution in [1.82, 2.24) is 19.7 Å². The minimum Gasteiger partial charge on any atom is -0.497 e. The molecule has 7 nitrogen and oxygen atoms in total. The number of anilines is 1. The van der Waals surface area contributed by atoms with Gasteiger partial charge in [-0.2, -0.15) is 5.10 Å². The number of hydrogen-bond donors (Lipinski definition) is 0. The second-order valence-corrected chi connectivity index (χ2v) is 6.75. The molecule has 0 spiro atoms. The number of rotatable bonds is 4. The monoisotopic (exact) mass is 377 g/mol. The van der Waals surface area contributed by atoms with Crippen LogP contribution in [0.5, 0.6) is 5.75 Å². The molecule has 0 bridgehead atoms. The first kappa shape index (κ1) is 18.0. The predicted octanol–water partition coefficient (Wildman–Crippen LogP) is 2.55. The molecule has 0 unspecified atom stereocenters. The molecule has 1 aromatic carbocycles. The summed E-state index contributed by atoms with van der Waals surface area (Å²) in [7, 11) is 1.64. The quantitative estimate of drug-likeness (QED) is 0.699. The van der Waals surface area contributed by atoms with Crippen molar-refractivity contribution in [3.63, 3.8) is 0 Å². The summed E-state index contributed by atoms with van der Waals surface area (Å²) in [5, 5.41) is 4.55. The van der Waals surface area contributed by atoms with Gasteiger partial charge in [0.05, 0.1) is 12.8 Å². The Kier molecular flexibility index (Phi) is 4.97. The zero-order chi connectivity index (χ0) is 19.5. The summed E-state index contributed by atoms with van der Waals surface area (Å²) in [6, 6.07) is 15.4. The number of benzene rings is 1. The van der Waals surface area contributed by atoms with Gasteiger partial charge in [-0.05, 0) is 49.4 Å². The zero-order valence-electron chi connectivity index (χ0n) is 16.1. The van der Waals surface area contributed by atoms with Crippen LogP contribution in [0, 0.1) is 6.92 Å². The Morgan fingerprint density at radius 1 is 1.04 bits per heavy atom. The minimum absolute atomic E-state index is 0.0315. The number of aryl methyl sites for hydroxylation is 1. The van der Waals surface area contributed by atoms with E-state index in [4.69, 9.17) is 4.74 Å². The van der Waals surface area contributed by atoms with Crippen LogP contribution in [0.25, 0.3) is 5.69 Å². The van der Waals surface area contributed by atoms with Gasteiger partial charge >= 0.3 is 0 Å². The molecule has 2 aromatic heterocycles. The predicted molar refractivity (Wildman–Crippen MR) is 107 cm³/mol. The van der Waals surface area contributed by atoms with Gasteiger partial charge in [0.2, 0.25) is 0 Å². The van der Waals surface area contributed by atoms with E-state index in [1.165, 1.54) is 0 Å². The van der Waals surface area contributed by atoms with Crippen molar-refractivity contribution >= 4 is 11.7 Å². The van der Waals surface area contributed by atoms with Crippen molar-refractivity contribution in [2.75, 3.05) is 38.2 Å². The molecule has 0 N–H and O–H groups in total. The van der Waals surface area contributed by atoms with E-state index in [1.807, 2.05) is 60.4 Å². The summed E-state index contributed by atoms with van der Waals surface area (Å²) >= 11 is 0. The molecule has 0 radical (unpaired) electrons. The molecule has 144 valence electrons. The first-order valence-corrected chi connectivity index (χ1v) is 9.32. The molecule has 28 heavy (non-hydrogen) atoms. The summed E-state index contributed by atoms with van der Waals surface area (Å²) < 4.78 is 6.99. The Bertz CT molecular complexity index is 945. The molecule has 0 saturated carbocycles. The fraction of sp³-hybridized carbons (Fsp3) is 0.286. The van der Waals surface area contributed by atoms with E-state index < -0.39 is 0 Å². The third kappa shape index (κ3) is 3.55. The van der Waals surface area contributed by atoms with Crippen molar-refractivity contribution in [2.24, 2.45) is 0 Å². The Labute approximate surface area is 164 Å². The number of methoxy groups -OCH3 is 1. The zero-order valence-corrected chi connectivity index (χ0v) is 16.1. The Balaban J connectivity index is 1.45. The number of aromatic nitrogens is 3. The molecule has 1 amide bonds. The van der Waals surface area contributed by atoms with Crippen LogP contribution in [0.3, 0.4) is 0 Å². The van der Waals surface area contributed by atoms with Crippen LogP contribution in [0.2, 0.25) is 0 Å².